The molecule has 72 valence electrons. The van der Waals surface area contributed by atoms with Crippen molar-refractivity contribution in [3.63, 3.8) is 0 Å². The van der Waals surface area contributed by atoms with Crippen LogP contribution in [0.25, 0.3) is 0 Å². The van der Waals surface area contributed by atoms with E-state index >= 15 is 0 Å². The molecule has 0 aromatic heterocycles. The zero-order chi connectivity index (χ0) is 9.41. The van der Waals surface area contributed by atoms with E-state index in [-0.39, 0.29) is 6.10 Å². The molecule has 0 aromatic rings. The number of ether oxygens (including phenoxy) is 2. The minimum atomic E-state index is -0.903. The van der Waals surface area contributed by atoms with Crippen LogP contribution >= 0.6 is 0 Å². The Hall–Kier alpha value is -0.120. The van der Waals surface area contributed by atoms with Crippen LogP contribution in [0.4, 0.5) is 0 Å². The number of aliphatic hydroxyl groups is 1. The molecule has 0 bridgehead atoms. The quantitative estimate of drug-likeness (QED) is 0.643. The first-order valence-corrected chi connectivity index (χ1v) is 4.33. The summed E-state index contributed by atoms with van der Waals surface area (Å²) < 4.78 is 10.7. The Morgan fingerprint density at radius 1 is 1.50 bits per heavy atom. The van der Waals surface area contributed by atoms with E-state index in [9.17, 15) is 5.11 Å². The highest BCUT2D eigenvalue weighted by Crippen LogP contribution is 2.36. The summed E-state index contributed by atoms with van der Waals surface area (Å²) in [5.74, 6) is 0. The third-order valence-corrected chi connectivity index (χ3v) is 3.26. The lowest BCUT2D eigenvalue weighted by Crippen LogP contribution is -2.62. The van der Waals surface area contributed by atoms with Crippen molar-refractivity contribution in [3.8, 4) is 0 Å². The van der Waals surface area contributed by atoms with Crippen LogP contribution in [0.3, 0.4) is 0 Å². The number of methoxy groups -OCH3 is 1. The molecule has 1 aliphatic rings. The van der Waals surface area contributed by atoms with E-state index in [0.717, 1.165) is 6.42 Å². The van der Waals surface area contributed by atoms with Crippen LogP contribution in [0, 0.1) is 0 Å². The zero-order valence-electron chi connectivity index (χ0n) is 8.26. The van der Waals surface area contributed by atoms with Gasteiger partial charge in [0.05, 0.1) is 11.7 Å². The Kier molecular flexibility index (Phi) is 2.47. The summed E-state index contributed by atoms with van der Waals surface area (Å²) in [7, 11) is 1.63. The highest BCUT2D eigenvalue weighted by atomic mass is 16.5. The van der Waals surface area contributed by atoms with Crippen molar-refractivity contribution in [2.24, 2.45) is 0 Å². The van der Waals surface area contributed by atoms with E-state index in [0.29, 0.717) is 6.61 Å². The van der Waals surface area contributed by atoms with E-state index in [2.05, 4.69) is 0 Å². The minimum Gasteiger partial charge on any atom is -0.384 e. The highest BCUT2D eigenvalue weighted by molar-refractivity contribution is 5.01. The number of hydrogen-bond acceptors (Lipinski definition) is 3. The monoisotopic (exact) mass is 174 g/mol. The summed E-state index contributed by atoms with van der Waals surface area (Å²) >= 11 is 0. The fourth-order valence-corrected chi connectivity index (χ4v) is 1.58. The summed E-state index contributed by atoms with van der Waals surface area (Å²) in [5, 5.41) is 10.1. The summed E-state index contributed by atoms with van der Waals surface area (Å²) in [6, 6.07) is 0. The largest absolute Gasteiger partial charge is 0.384 e. The Balaban J connectivity index is 2.86. The van der Waals surface area contributed by atoms with E-state index in [1.165, 1.54) is 0 Å². The van der Waals surface area contributed by atoms with Gasteiger partial charge >= 0.3 is 0 Å². The van der Waals surface area contributed by atoms with E-state index in [4.69, 9.17) is 9.47 Å². The van der Waals surface area contributed by atoms with Gasteiger partial charge in [-0.05, 0) is 20.8 Å². The predicted octanol–water partition coefficient (Wildman–Crippen LogP) is 0.951. The molecule has 1 fully saturated rings. The zero-order valence-corrected chi connectivity index (χ0v) is 8.26. The predicted molar refractivity (Wildman–Crippen MR) is 46.1 cm³/mol. The Morgan fingerprint density at radius 2 is 2.08 bits per heavy atom. The van der Waals surface area contributed by atoms with Crippen molar-refractivity contribution >= 4 is 0 Å². The van der Waals surface area contributed by atoms with Crippen molar-refractivity contribution in [3.05, 3.63) is 0 Å². The maximum atomic E-state index is 10.1. The Labute approximate surface area is 73.7 Å². The first-order valence-electron chi connectivity index (χ1n) is 4.33. The molecule has 1 saturated heterocycles. The van der Waals surface area contributed by atoms with Gasteiger partial charge in [-0.3, -0.25) is 0 Å². The molecule has 1 rings (SSSR count). The van der Waals surface area contributed by atoms with Gasteiger partial charge in [0.1, 0.15) is 5.60 Å². The van der Waals surface area contributed by atoms with Crippen LogP contribution in [-0.2, 0) is 9.47 Å². The summed E-state index contributed by atoms with van der Waals surface area (Å²) in [6.45, 7) is 6.21. The molecular formula is C9H18O3. The topological polar surface area (TPSA) is 38.7 Å². The Bertz CT molecular complexity index is 164. The van der Waals surface area contributed by atoms with Crippen LogP contribution in [-0.4, -0.2) is 36.1 Å². The average Bonchev–Trinajstić information content (AvgIpc) is 2.01. The van der Waals surface area contributed by atoms with E-state index < -0.39 is 11.2 Å². The molecule has 12 heavy (non-hydrogen) atoms. The molecule has 1 heterocycles. The highest BCUT2D eigenvalue weighted by Gasteiger charge is 2.50. The lowest BCUT2D eigenvalue weighted by atomic mass is 9.78. The molecular weight excluding hydrogens is 156 g/mol. The fourth-order valence-electron chi connectivity index (χ4n) is 1.58. The Morgan fingerprint density at radius 3 is 2.50 bits per heavy atom. The van der Waals surface area contributed by atoms with E-state index in [1.807, 2.05) is 13.8 Å². The van der Waals surface area contributed by atoms with Crippen molar-refractivity contribution in [1.82, 2.24) is 0 Å². The average molecular weight is 174 g/mol. The summed E-state index contributed by atoms with van der Waals surface area (Å²) in [6.07, 6.45) is 0.567. The van der Waals surface area contributed by atoms with Gasteiger partial charge in [-0.1, -0.05) is 0 Å². The van der Waals surface area contributed by atoms with Gasteiger partial charge in [-0.2, -0.15) is 0 Å². The molecule has 3 nitrogen and oxygen atoms in total. The molecule has 1 N–H and O–H groups in total. The van der Waals surface area contributed by atoms with Crippen LogP contribution in [0.5, 0.6) is 0 Å². The third kappa shape index (κ3) is 1.26. The molecule has 0 spiro atoms. The van der Waals surface area contributed by atoms with Gasteiger partial charge in [0, 0.05) is 20.1 Å². The normalized spacial score (nSPS) is 49.2. The molecule has 0 aromatic carbocycles. The lowest BCUT2D eigenvalue weighted by molar-refractivity contribution is -0.243. The van der Waals surface area contributed by atoms with Crippen molar-refractivity contribution < 1.29 is 14.6 Å². The van der Waals surface area contributed by atoms with Gasteiger partial charge in [0.2, 0.25) is 0 Å². The summed E-state index contributed by atoms with van der Waals surface area (Å²) in [4.78, 5) is 0. The maximum absolute atomic E-state index is 10.1. The second-order valence-electron chi connectivity index (χ2n) is 3.85. The van der Waals surface area contributed by atoms with Gasteiger partial charge in [-0.15, -0.1) is 0 Å². The van der Waals surface area contributed by atoms with Crippen LogP contribution < -0.4 is 0 Å². The SMILES string of the molecule is COC1(C)CCO[C@@H](C)[C@@]1(C)O. The summed E-state index contributed by atoms with van der Waals surface area (Å²) in [5.41, 5.74) is -1.38. The van der Waals surface area contributed by atoms with E-state index in [1.54, 1.807) is 14.0 Å². The van der Waals surface area contributed by atoms with Crippen molar-refractivity contribution in [1.29, 1.82) is 0 Å². The van der Waals surface area contributed by atoms with Crippen LogP contribution in [0.1, 0.15) is 27.2 Å². The minimum absolute atomic E-state index is 0.170. The molecule has 1 unspecified atom stereocenters. The first kappa shape index (κ1) is 9.96. The second-order valence-corrected chi connectivity index (χ2v) is 3.85. The molecule has 0 radical (unpaired) electrons. The fraction of sp³-hybridized carbons (Fsp3) is 1.00. The third-order valence-electron chi connectivity index (χ3n) is 3.26. The van der Waals surface area contributed by atoms with Gasteiger partial charge in [0.15, 0.2) is 0 Å². The molecule has 0 amide bonds. The van der Waals surface area contributed by atoms with Gasteiger partial charge in [-0.25, -0.2) is 0 Å². The van der Waals surface area contributed by atoms with Crippen molar-refractivity contribution in [2.75, 3.05) is 13.7 Å². The molecule has 3 atom stereocenters. The maximum Gasteiger partial charge on any atom is 0.116 e. The second kappa shape index (κ2) is 2.98. The van der Waals surface area contributed by atoms with Gasteiger partial charge < -0.3 is 14.6 Å². The number of rotatable bonds is 1. The lowest BCUT2D eigenvalue weighted by Gasteiger charge is -2.48. The van der Waals surface area contributed by atoms with Gasteiger partial charge in [0.25, 0.3) is 0 Å². The molecule has 1 aliphatic heterocycles. The smallest absolute Gasteiger partial charge is 0.116 e. The molecule has 0 aliphatic carbocycles. The first-order chi connectivity index (χ1) is 5.44. The van der Waals surface area contributed by atoms with Crippen LogP contribution in [0.15, 0.2) is 0 Å². The number of hydrogen-bond donors (Lipinski definition) is 1. The molecule has 3 heteroatoms. The molecule has 0 saturated carbocycles. The van der Waals surface area contributed by atoms with Crippen molar-refractivity contribution in [2.45, 2.75) is 44.5 Å². The standard InChI is InChI=1S/C9H18O3/c1-7-9(3,10)8(2,11-4)5-6-12-7/h7,10H,5-6H2,1-4H3/t7-,8?,9+/m0/s1. The van der Waals surface area contributed by atoms with Crippen LogP contribution in [0.2, 0.25) is 0 Å².